The summed E-state index contributed by atoms with van der Waals surface area (Å²) >= 11 is -1.88. The van der Waals surface area contributed by atoms with Crippen LogP contribution in [0, 0.1) is 6.92 Å². The third-order valence-corrected chi connectivity index (χ3v) is 5.06. The van der Waals surface area contributed by atoms with Crippen molar-refractivity contribution in [3.8, 4) is 0 Å². The van der Waals surface area contributed by atoms with Crippen molar-refractivity contribution >= 4 is 32.7 Å². The first-order valence-corrected chi connectivity index (χ1v) is 8.67. The zero-order valence-electron chi connectivity index (χ0n) is 10.2. The molecule has 2 nitrogen and oxygen atoms in total. The Morgan fingerprint density at radius 1 is 1.24 bits per heavy atom. The Bertz CT molecular complexity index is 330. The molecule has 1 atom stereocenters. The fourth-order valence-corrected chi connectivity index (χ4v) is 3.66. The molecule has 0 saturated heterocycles. The Labute approximate surface area is 136 Å². The number of benzene rings is 1. The molecule has 1 unspecified atom stereocenters. The third-order valence-electron chi connectivity index (χ3n) is 1.96. The summed E-state index contributed by atoms with van der Waals surface area (Å²) in [6, 6.07) is 8.42. The van der Waals surface area contributed by atoms with Gasteiger partial charge in [-0.05, 0) is 31.9 Å². The third kappa shape index (κ3) is 9.59. The van der Waals surface area contributed by atoms with Crippen LogP contribution in [0.15, 0.2) is 29.2 Å². The molecule has 1 aromatic rings. The molecule has 0 radical (unpaired) electrons. The van der Waals surface area contributed by atoms with E-state index in [0.717, 1.165) is 18.6 Å². The van der Waals surface area contributed by atoms with Crippen LogP contribution in [0.2, 0.25) is 0 Å². The summed E-state index contributed by atoms with van der Waals surface area (Å²) in [6.07, 6.45) is 1.72. The van der Waals surface area contributed by atoms with Crippen LogP contribution in [0.1, 0.15) is 18.4 Å². The molecule has 0 bridgehead atoms. The maximum Gasteiger partial charge on any atom is 1.00 e. The fourth-order valence-electron chi connectivity index (χ4n) is 1.08. The Hall–Kier alpha value is 1.03. The van der Waals surface area contributed by atoms with Gasteiger partial charge in [0, 0.05) is 16.4 Å². The van der Waals surface area contributed by atoms with Crippen LogP contribution in [-0.4, -0.2) is 20.3 Å². The first-order chi connectivity index (χ1) is 7.68. The molecule has 6 heteroatoms. The van der Waals surface area contributed by atoms with Gasteiger partial charge in [-0.3, -0.25) is 4.21 Å². The summed E-state index contributed by atoms with van der Waals surface area (Å²) < 4.78 is 20.5. The molecule has 0 spiro atoms. The second kappa shape index (κ2) is 10.9. The van der Waals surface area contributed by atoms with Crippen molar-refractivity contribution in [2.75, 3.05) is 11.5 Å². The fraction of sp³-hybridized carbons (Fsp3) is 0.455. The Balaban J connectivity index is 0.00000256. The normalized spacial score (nSPS) is 11.9. The molecule has 17 heavy (non-hydrogen) atoms. The van der Waals surface area contributed by atoms with Crippen molar-refractivity contribution in [2.24, 2.45) is 0 Å². The van der Waals surface area contributed by atoms with E-state index in [9.17, 15) is 8.76 Å². The van der Waals surface area contributed by atoms with Gasteiger partial charge in [0.05, 0.1) is 0 Å². The van der Waals surface area contributed by atoms with Crippen LogP contribution >= 0.6 is 21.6 Å². The summed E-state index contributed by atoms with van der Waals surface area (Å²) in [7, 11) is 3.53. The monoisotopic (exact) mass is 298 g/mol. The van der Waals surface area contributed by atoms with Crippen LogP contribution in [0.5, 0.6) is 0 Å². The van der Waals surface area contributed by atoms with Crippen molar-refractivity contribution in [3.63, 3.8) is 0 Å². The Kier molecular flexibility index (Phi) is 11.6. The number of hydrogen-bond acceptors (Lipinski definition) is 4. The van der Waals surface area contributed by atoms with E-state index in [0.29, 0.717) is 0 Å². The molecule has 0 fully saturated rings. The SMILES string of the molecule is Cc1ccc(SSCCCCS(=O)[O-])cc1.[Na+]. The summed E-state index contributed by atoms with van der Waals surface area (Å²) in [5.41, 5.74) is 1.27. The predicted molar refractivity (Wildman–Crippen MR) is 72.5 cm³/mol. The molecule has 1 rings (SSSR count). The van der Waals surface area contributed by atoms with E-state index < -0.39 is 11.1 Å². The summed E-state index contributed by atoms with van der Waals surface area (Å²) in [6.45, 7) is 2.07. The maximum absolute atomic E-state index is 10.3. The smallest absolute Gasteiger partial charge is 0.772 e. The molecule has 0 heterocycles. The van der Waals surface area contributed by atoms with Crippen molar-refractivity contribution in [1.29, 1.82) is 0 Å². The van der Waals surface area contributed by atoms with Crippen molar-refractivity contribution in [3.05, 3.63) is 29.8 Å². The largest absolute Gasteiger partial charge is 1.00 e. The zero-order chi connectivity index (χ0) is 11.8. The number of unbranched alkanes of at least 4 members (excludes halogenated alkanes) is 1. The number of aryl methyl sites for hydroxylation is 1. The van der Waals surface area contributed by atoms with Crippen molar-refractivity contribution in [1.82, 2.24) is 0 Å². The quantitative estimate of drug-likeness (QED) is 0.316. The van der Waals surface area contributed by atoms with Gasteiger partial charge in [-0.15, -0.1) is 0 Å². The summed E-state index contributed by atoms with van der Waals surface area (Å²) in [5, 5.41) is 0. The standard InChI is InChI=1S/C11H16O2S3.Na/c1-10-4-6-11(7-5-10)15-14-8-2-3-9-16(12)13;/h4-7H,2-3,8-9H2,1H3,(H,12,13);/q;+1/p-1. The van der Waals surface area contributed by atoms with Gasteiger partial charge in [-0.25, -0.2) is 0 Å². The molecule has 0 saturated carbocycles. The molecule has 0 N–H and O–H groups in total. The molecular weight excluding hydrogens is 283 g/mol. The van der Waals surface area contributed by atoms with Crippen LogP contribution in [-0.2, 0) is 11.1 Å². The average molecular weight is 298 g/mol. The van der Waals surface area contributed by atoms with Gasteiger partial charge < -0.3 is 4.55 Å². The van der Waals surface area contributed by atoms with Gasteiger partial charge in [-0.2, -0.15) is 0 Å². The summed E-state index contributed by atoms with van der Waals surface area (Å²) in [5.74, 6) is 1.28. The van der Waals surface area contributed by atoms with E-state index in [1.807, 2.05) is 0 Å². The van der Waals surface area contributed by atoms with Gasteiger partial charge in [0.2, 0.25) is 0 Å². The first kappa shape index (κ1) is 18.0. The van der Waals surface area contributed by atoms with Gasteiger partial charge in [-0.1, -0.05) is 50.4 Å². The molecular formula is C11H15NaO2S3. The van der Waals surface area contributed by atoms with Gasteiger partial charge in [0.1, 0.15) is 0 Å². The van der Waals surface area contributed by atoms with E-state index in [1.54, 1.807) is 21.6 Å². The van der Waals surface area contributed by atoms with Crippen molar-refractivity contribution < 1.29 is 38.3 Å². The summed E-state index contributed by atoms with van der Waals surface area (Å²) in [4.78, 5) is 1.25. The minimum absolute atomic E-state index is 0. The van der Waals surface area contributed by atoms with Crippen LogP contribution in [0.4, 0.5) is 0 Å². The Morgan fingerprint density at radius 2 is 1.88 bits per heavy atom. The molecule has 0 aromatic heterocycles. The second-order valence-corrected chi connectivity index (χ2v) is 6.94. The van der Waals surface area contributed by atoms with E-state index in [-0.39, 0.29) is 35.3 Å². The molecule has 1 aromatic carbocycles. The topological polar surface area (TPSA) is 40.1 Å². The van der Waals surface area contributed by atoms with Crippen LogP contribution in [0.3, 0.4) is 0 Å². The van der Waals surface area contributed by atoms with Crippen molar-refractivity contribution in [2.45, 2.75) is 24.7 Å². The minimum Gasteiger partial charge on any atom is -0.772 e. The van der Waals surface area contributed by atoms with Crippen LogP contribution in [0.25, 0.3) is 0 Å². The molecule has 90 valence electrons. The van der Waals surface area contributed by atoms with Gasteiger partial charge in [0.15, 0.2) is 0 Å². The van der Waals surface area contributed by atoms with Gasteiger partial charge in [0.25, 0.3) is 0 Å². The van der Waals surface area contributed by atoms with E-state index in [1.165, 1.54) is 10.5 Å². The van der Waals surface area contributed by atoms with E-state index in [4.69, 9.17) is 0 Å². The van der Waals surface area contributed by atoms with E-state index >= 15 is 0 Å². The minimum atomic E-state index is -1.88. The zero-order valence-corrected chi connectivity index (χ0v) is 14.6. The predicted octanol–water partition coefficient (Wildman–Crippen LogP) is 0.399. The average Bonchev–Trinajstić information content (AvgIpc) is 2.25. The Morgan fingerprint density at radius 3 is 2.47 bits per heavy atom. The molecule has 0 amide bonds. The number of hydrogen-bond donors (Lipinski definition) is 0. The second-order valence-electron chi connectivity index (χ2n) is 3.43. The van der Waals surface area contributed by atoms with E-state index in [2.05, 4.69) is 31.2 Å². The first-order valence-electron chi connectivity index (χ1n) is 5.10. The maximum atomic E-state index is 10.3. The molecule has 0 aliphatic carbocycles. The molecule has 0 aliphatic rings. The van der Waals surface area contributed by atoms with Crippen LogP contribution < -0.4 is 29.6 Å². The van der Waals surface area contributed by atoms with Gasteiger partial charge >= 0.3 is 29.6 Å². The number of rotatable bonds is 7. The molecule has 0 aliphatic heterocycles.